The van der Waals surface area contributed by atoms with Crippen LogP contribution in [0.5, 0.6) is 0 Å². The molecule has 0 spiro atoms. The summed E-state index contributed by atoms with van der Waals surface area (Å²) in [5, 5.41) is 3.57. The van der Waals surface area contributed by atoms with Gasteiger partial charge in [0.1, 0.15) is 0 Å². The Morgan fingerprint density at radius 2 is 1.61 bits per heavy atom. The van der Waals surface area contributed by atoms with Gasteiger partial charge in [-0.15, -0.1) is 0 Å². The zero-order chi connectivity index (χ0) is 14.2. The Bertz CT molecular complexity index is 197. The van der Waals surface area contributed by atoms with E-state index in [0.717, 1.165) is 12.5 Å². The fraction of sp³-hybridized carbons (Fsp3) is 1.00. The van der Waals surface area contributed by atoms with Crippen molar-refractivity contribution in [3.63, 3.8) is 0 Å². The van der Waals surface area contributed by atoms with E-state index in [2.05, 4.69) is 58.7 Å². The minimum absolute atomic E-state index is 0.331. The molecule has 0 aromatic rings. The van der Waals surface area contributed by atoms with Crippen molar-refractivity contribution in [3.05, 3.63) is 0 Å². The van der Waals surface area contributed by atoms with Gasteiger partial charge in [-0.2, -0.15) is 0 Å². The number of nitrogens with one attached hydrogen (secondary N) is 1. The highest BCUT2D eigenvalue weighted by molar-refractivity contribution is 4.84. The monoisotopic (exact) mass is 256 g/mol. The molecule has 2 nitrogen and oxygen atoms in total. The summed E-state index contributed by atoms with van der Waals surface area (Å²) in [6, 6.07) is 0.568. The summed E-state index contributed by atoms with van der Waals surface area (Å²) in [5.41, 5.74) is 0.331. The van der Waals surface area contributed by atoms with Gasteiger partial charge in [-0.1, -0.05) is 54.4 Å². The molecular weight excluding hydrogens is 220 g/mol. The Kier molecular flexibility index (Phi) is 8.89. The number of hydrogen-bond donors (Lipinski definition) is 1. The molecule has 0 bridgehead atoms. The van der Waals surface area contributed by atoms with Crippen molar-refractivity contribution in [2.24, 2.45) is 11.3 Å². The first kappa shape index (κ1) is 17.9. The lowest BCUT2D eigenvalue weighted by molar-refractivity contribution is 0.130. The highest BCUT2D eigenvalue weighted by Gasteiger charge is 2.27. The smallest absolute Gasteiger partial charge is 0.0102 e. The summed E-state index contributed by atoms with van der Waals surface area (Å²) >= 11 is 0. The maximum Gasteiger partial charge on any atom is 0.0102 e. The molecule has 1 N–H and O–H groups in total. The Morgan fingerprint density at radius 3 is 2.00 bits per heavy atom. The lowest BCUT2D eigenvalue weighted by atomic mass is 9.84. The molecule has 18 heavy (non-hydrogen) atoms. The zero-order valence-electron chi connectivity index (χ0n) is 13.8. The predicted molar refractivity (Wildman–Crippen MR) is 83.1 cm³/mol. The summed E-state index contributed by atoms with van der Waals surface area (Å²) in [6.45, 7) is 20.9. The van der Waals surface area contributed by atoms with Crippen molar-refractivity contribution in [2.75, 3.05) is 26.2 Å². The van der Waals surface area contributed by atoms with Gasteiger partial charge in [-0.05, 0) is 31.3 Å². The third kappa shape index (κ3) is 6.19. The van der Waals surface area contributed by atoms with Crippen molar-refractivity contribution in [3.8, 4) is 0 Å². The molecule has 2 heteroatoms. The van der Waals surface area contributed by atoms with Gasteiger partial charge in [0.25, 0.3) is 0 Å². The molecule has 0 aromatic heterocycles. The Balaban J connectivity index is 4.41. The third-order valence-electron chi connectivity index (χ3n) is 4.43. The average molecular weight is 256 g/mol. The van der Waals surface area contributed by atoms with Gasteiger partial charge < -0.3 is 10.2 Å². The van der Waals surface area contributed by atoms with Crippen LogP contribution in [0.2, 0.25) is 0 Å². The number of nitrogens with zero attached hydrogens (tertiary/aromatic N) is 1. The lowest BCUT2D eigenvalue weighted by Crippen LogP contribution is -2.47. The second kappa shape index (κ2) is 8.92. The van der Waals surface area contributed by atoms with Crippen LogP contribution < -0.4 is 5.32 Å². The van der Waals surface area contributed by atoms with E-state index >= 15 is 0 Å². The molecule has 0 aromatic carbocycles. The van der Waals surface area contributed by atoms with Crippen LogP contribution in [0.4, 0.5) is 0 Å². The first-order valence-electron chi connectivity index (χ1n) is 7.86. The van der Waals surface area contributed by atoms with E-state index in [1.807, 2.05) is 0 Å². The van der Waals surface area contributed by atoms with E-state index in [0.29, 0.717) is 11.5 Å². The summed E-state index contributed by atoms with van der Waals surface area (Å²) in [4.78, 5) is 2.63. The first-order valence-corrected chi connectivity index (χ1v) is 7.86. The fourth-order valence-electron chi connectivity index (χ4n) is 2.51. The van der Waals surface area contributed by atoms with Crippen LogP contribution in [0.3, 0.4) is 0 Å². The maximum absolute atomic E-state index is 3.57. The van der Waals surface area contributed by atoms with Crippen molar-refractivity contribution in [1.29, 1.82) is 0 Å². The molecule has 110 valence electrons. The van der Waals surface area contributed by atoms with Gasteiger partial charge in [0.05, 0.1) is 0 Å². The third-order valence-corrected chi connectivity index (χ3v) is 4.43. The molecule has 0 aliphatic carbocycles. The number of rotatable bonds is 10. The second-order valence-electron chi connectivity index (χ2n) is 6.28. The first-order chi connectivity index (χ1) is 8.41. The Morgan fingerprint density at radius 1 is 1.06 bits per heavy atom. The predicted octanol–water partition coefficient (Wildman–Crippen LogP) is 3.77. The lowest BCUT2D eigenvalue weighted by Gasteiger charge is -2.38. The standard InChI is InChI=1S/C16H36N2/c1-8-15(9-2)12-18(11-4)13-16(6,7)14(5)17-10-3/h14-15,17H,8-13H2,1-7H3. The second-order valence-corrected chi connectivity index (χ2v) is 6.28. The van der Waals surface area contributed by atoms with Crippen LogP contribution in [0.15, 0.2) is 0 Å². The van der Waals surface area contributed by atoms with Crippen molar-refractivity contribution in [2.45, 2.75) is 67.3 Å². The zero-order valence-corrected chi connectivity index (χ0v) is 13.8. The van der Waals surface area contributed by atoms with Crippen LogP contribution in [0, 0.1) is 11.3 Å². The largest absolute Gasteiger partial charge is 0.314 e. The van der Waals surface area contributed by atoms with E-state index in [1.165, 1.54) is 32.5 Å². The summed E-state index contributed by atoms with van der Waals surface area (Å²) < 4.78 is 0. The molecule has 0 saturated heterocycles. The van der Waals surface area contributed by atoms with Gasteiger partial charge >= 0.3 is 0 Å². The summed E-state index contributed by atoms with van der Waals surface area (Å²) in [5.74, 6) is 0.857. The molecule has 0 radical (unpaired) electrons. The molecule has 1 atom stereocenters. The minimum Gasteiger partial charge on any atom is -0.314 e. The molecule has 0 fully saturated rings. The molecule has 0 amide bonds. The van der Waals surface area contributed by atoms with Crippen molar-refractivity contribution < 1.29 is 0 Å². The van der Waals surface area contributed by atoms with Crippen LogP contribution in [-0.4, -0.2) is 37.1 Å². The molecule has 0 heterocycles. The normalized spacial score (nSPS) is 14.5. The highest BCUT2D eigenvalue weighted by atomic mass is 15.1. The van der Waals surface area contributed by atoms with Gasteiger partial charge in [0.15, 0.2) is 0 Å². The average Bonchev–Trinajstić information content (AvgIpc) is 2.34. The van der Waals surface area contributed by atoms with Crippen LogP contribution >= 0.6 is 0 Å². The number of hydrogen-bond acceptors (Lipinski definition) is 2. The van der Waals surface area contributed by atoms with Gasteiger partial charge in [-0.3, -0.25) is 0 Å². The van der Waals surface area contributed by atoms with Gasteiger partial charge in [-0.25, -0.2) is 0 Å². The molecule has 1 unspecified atom stereocenters. The molecule has 0 rings (SSSR count). The Labute approximate surface area is 116 Å². The summed E-state index contributed by atoms with van der Waals surface area (Å²) in [6.07, 6.45) is 2.60. The van der Waals surface area contributed by atoms with Gasteiger partial charge in [0, 0.05) is 19.1 Å². The maximum atomic E-state index is 3.57. The topological polar surface area (TPSA) is 15.3 Å². The van der Waals surface area contributed by atoms with Gasteiger partial charge in [0.2, 0.25) is 0 Å². The summed E-state index contributed by atoms with van der Waals surface area (Å²) in [7, 11) is 0. The fourth-order valence-corrected chi connectivity index (χ4v) is 2.51. The minimum atomic E-state index is 0.331. The molecule has 0 aliphatic heterocycles. The Hall–Kier alpha value is -0.0800. The van der Waals surface area contributed by atoms with Crippen LogP contribution in [0.1, 0.15) is 61.3 Å². The van der Waals surface area contributed by atoms with E-state index in [-0.39, 0.29) is 0 Å². The van der Waals surface area contributed by atoms with E-state index in [1.54, 1.807) is 0 Å². The quantitative estimate of drug-likeness (QED) is 0.640. The van der Waals surface area contributed by atoms with E-state index < -0.39 is 0 Å². The highest BCUT2D eigenvalue weighted by Crippen LogP contribution is 2.23. The molecule has 0 aliphatic rings. The molecular formula is C16H36N2. The van der Waals surface area contributed by atoms with Crippen molar-refractivity contribution >= 4 is 0 Å². The van der Waals surface area contributed by atoms with Crippen molar-refractivity contribution in [1.82, 2.24) is 10.2 Å². The SMILES string of the molecule is CCNC(C)C(C)(C)CN(CC)CC(CC)CC. The van der Waals surface area contributed by atoms with E-state index in [9.17, 15) is 0 Å². The molecule has 0 saturated carbocycles. The van der Waals surface area contributed by atoms with Crippen LogP contribution in [0.25, 0.3) is 0 Å². The van der Waals surface area contributed by atoms with Crippen LogP contribution in [-0.2, 0) is 0 Å². The van der Waals surface area contributed by atoms with E-state index in [4.69, 9.17) is 0 Å².